The zero-order chi connectivity index (χ0) is 35.5. The highest BCUT2D eigenvalue weighted by molar-refractivity contribution is 6.17. The number of furan rings is 1. The Bertz CT molecular complexity index is 2980. The van der Waals surface area contributed by atoms with E-state index in [1.54, 1.807) is 18.2 Å². The Hall–Kier alpha value is -7.45. The highest BCUT2D eigenvalue weighted by Crippen LogP contribution is 2.42. The van der Waals surface area contributed by atoms with Crippen molar-refractivity contribution < 1.29 is 9.34 Å². The first-order chi connectivity index (χ1) is 26.1. The van der Waals surface area contributed by atoms with E-state index in [-0.39, 0.29) is 10.6 Å². The van der Waals surface area contributed by atoms with Gasteiger partial charge in [0.2, 0.25) is 0 Å². The molecule has 3 aromatic heterocycles. The smallest absolute Gasteiger partial charge is 0.277 e. The molecule has 0 amide bonds. The van der Waals surface area contributed by atoms with Crippen molar-refractivity contribution in [3.8, 4) is 51.0 Å². The Kier molecular flexibility index (Phi) is 6.94. The molecule has 7 aromatic carbocycles. The van der Waals surface area contributed by atoms with Gasteiger partial charge in [-0.25, -0.2) is 15.0 Å². The van der Waals surface area contributed by atoms with Gasteiger partial charge in [-0.1, -0.05) is 109 Å². The van der Waals surface area contributed by atoms with Crippen molar-refractivity contribution in [3.63, 3.8) is 0 Å². The highest BCUT2D eigenvalue weighted by Gasteiger charge is 2.23. The molecule has 8 nitrogen and oxygen atoms in total. The Morgan fingerprint density at radius 3 is 1.79 bits per heavy atom. The summed E-state index contributed by atoms with van der Waals surface area (Å²) in [6, 6.07) is 52.9. The predicted octanol–water partition coefficient (Wildman–Crippen LogP) is 11.4. The second-order valence-electron chi connectivity index (χ2n) is 12.9. The summed E-state index contributed by atoms with van der Waals surface area (Å²) in [4.78, 5) is 27.0. The Morgan fingerprint density at radius 1 is 0.472 bits per heavy atom. The number of rotatable bonds is 6. The first kappa shape index (κ1) is 30.4. The van der Waals surface area contributed by atoms with Crippen LogP contribution in [-0.2, 0) is 0 Å². The Balaban J connectivity index is 1.27. The van der Waals surface area contributed by atoms with Crippen LogP contribution < -0.4 is 0 Å². The number of para-hydroxylation sites is 3. The molecule has 0 aliphatic rings. The van der Waals surface area contributed by atoms with Crippen LogP contribution in [0.3, 0.4) is 0 Å². The summed E-state index contributed by atoms with van der Waals surface area (Å²) in [5, 5.41) is 16.6. The summed E-state index contributed by atoms with van der Waals surface area (Å²) in [6.07, 6.45) is 0. The van der Waals surface area contributed by atoms with Gasteiger partial charge in [-0.05, 0) is 48.5 Å². The lowest BCUT2D eigenvalue weighted by Gasteiger charge is -2.16. The van der Waals surface area contributed by atoms with Crippen LogP contribution in [0.4, 0.5) is 5.69 Å². The van der Waals surface area contributed by atoms with Crippen LogP contribution in [0, 0.1) is 10.1 Å². The van der Waals surface area contributed by atoms with Gasteiger partial charge >= 0.3 is 0 Å². The zero-order valence-electron chi connectivity index (χ0n) is 28.0. The molecular weight excluding hydrogens is 659 g/mol. The van der Waals surface area contributed by atoms with Crippen LogP contribution in [0.5, 0.6) is 0 Å². The molecule has 0 N–H and O–H groups in total. The van der Waals surface area contributed by atoms with E-state index in [4.69, 9.17) is 19.4 Å². The first-order valence-corrected chi connectivity index (χ1v) is 17.2. The van der Waals surface area contributed by atoms with Crippen molar-refractivity contribution in [1.82, 2.24) is 19.5 Å². The topological polar surface area (TPSA) is 99.9 Å². The number of benzene rings is 7. The minimum absolute atomic E-state index is 0.000446. The molecule has 3 heterocycles. The molecule has 0 fully saturated rings. The third-order valence-electron chi connectivity index (χ3n) is 9.76. The number of nitro groups is 1. The molecule has 0 bridgehead atoms. The molecule has 0 aliphatic carbocycles. The lowest BCUT2D eigenvalue weighted by molar-refractivity contribution is -0.384. The van der Waals surface area contributed by atoms with Crippen LogP contribution in [0.25, 0.3) is 94.7 Å². The van der Waals surface area contributed by atoms with Crippen LogP contribution in [0.1, 0.15) is 0 Å². The van der Waals surface area contributed by atoms with Gasteiger partial charge in [-0.3, -0.25) is 10.1 Å². The van der Waals surface area contributed by atoms with E-state index >= 15 is 0 Å². The van der Waals surface area contributed by atoms with Crippen LogP contribution in [0.15, 0.2) is 168 Å². The zero-order valence-corrected chi connectivity index (χ0v) is 28.0. The van der Waals surface area contributed by atoms with Gasteiger partial charge in [0.05, 0.1) is 27.2 Å². The quantitative estimate of drug-likeness (QED) is 0.128. The van der Waals surface area contributed by atoms with E-state index < -0.39 is 0 Å². The molecule has 0 saturated carbocycles. The summed E-state index contributed by atoms with van der Waals surface area (Å²) in [7, 11) is 0. The van der Waals surface area contributed by atoms with Gasteiger partial charge in [0, 0.05) is 49.9 Å². The molecule has 53 heavy (non-hydrogen) atoms. The van der Waals surface area contributed by atoms with Gasteiger partial charge in [0.25, 0.3) is 5.69 Å². The van der Waals surface area contributed by atoms with E-state index in [2.05, 4.69) is 34.9 Å². The molecule has 0 saturated heterocycles. The number of hydrogen-bond acceptors (Lipinski definition) is 6. The number of nitro benzene ring substituents is 1. The number of nitrogens with zero attached hydrogens (tertiary/aromatic N) is 5. The number of fused-ring (bicyclic) bond motifs is 6. The molecule has 0 spiro atoms. The van der Waals surface area contributed by atoms with E-state index in [0.29, 0.717) is 34.2 Å². The molecule has 10 aromatic rings. The SMILES string of the molecule is O=[N+]([O-])c1ccccc1-c1cc(-c2nc(-c3ccccc3)nc(-c3ccccc3)n2)ccc1-n1c2ccccc2c2cc3oc4ccccc4c3cc21. The summed E-state index contributed by atoms with van der Waals surface area (Å²) in [5.41, 5.74) is 7.87. The lowest BCUT2D eigenvalue weighted by Crippen LogP contribution is -2.02. The average molecular weight is 686 g/mol. The molecule has 10 rings (SSSR count). The summed E-state index contributed by atoms with van der Waals surface area (Å²) in [6.45, 7) is 0. The lowest BCUT2D eigenvalue weighted by atomic mass is 9.98. The van der Waals surface area contributed by atoms with Crippen molar-refractivity contribution >= 4 is 49.4 Å². The van der Waals surface area contributed by atoms with Gasteiger partial charge in [0.15, 0.2) is 17.5 Å². The van der Waals surface area contributed by atoms with Crippen molar-refractivity contribution in [1.29, 1.82) is 0 Å². The fourth-order valence-electron chi connectivity index (χ4n) is 7.33. The van der Waals surface area contributed by atoms with Crippen molar-refractivity contribution in [2.45, 2.75) is 0 Å². The van der Waals surface area contributed by atoms with Crippen molar-refractivity contribution in [2.24, 2.45) is 0 Å². The summed E-state index contributed by atoms with van der Waals surface area (Å²) < 4.78 is 8.50. The third kappa shape index (κ3) is 5.04. The third-order valence-corrected chi connectivity index (χ3v) is 9.76. The second-order valence-corrected chi connectivity index (χ2v) is 12.9. The van der Waals surface area contributed by atoms with E-state index in [1.807, 2.05) is 115 Å². The first-order valence-electron chi connectivity index (χ1n) is 17.2. The maximum atomic E-state index is 12.6. The highest BCUT2D eigenvalue weighted by atomic mass is 16.6. The maximum Gasteiger partial charge on any atom is 0.277 e. The summed E-state index contributed by atoms with van der Waals surface area (Å²) >= 11 is 0. The Labute approximate surface area is 302 Å². The number of aromatic nitrogens is 4. The monoisotopic (exact) mass is 685 g/mol. The fourth-order valence-corrected chi connectivity index (χ4v) is 7.33. The normalized spacial score (nSPS) is 11.5. The molecule has 0 atom stereocenters. The van der Waals surface area contributed by atoms with Crippen LogP contribution >= 0.6 is 0 Å². The summed E-state index contributed by atoms with van der Waals surface area (Å²) in [5.74, 6) is 1.52. The molecular formula is C45H27N5O3. The average Bonchev–Trinajstić information content (AvgIpc) is 3.75. The molecule has 0 radical (unpaired) electrons. The van der Waals surface area contributed by atoms with E-state index in [9.17, 15) is 10.1 Å². The second kappa shape index (κ2) is 12.1. The van der Waals surface area contributed by atoms with Gasteiger partial charge in [-0.2, -0.15) is 0 Å². The van der Waals surface area contributed by atoms with Crippen molar-refractivity contribution in [2.75, 3.05) is 0 Å². The molecule has 250 valence electrons. The van der Waals surface area contributed by atoms with E-state index in [0.717, 1.165) is 60.6 Å². The van der Waals surface area contributed by atoms with Gasteiger partial charge < -0.3 is 8.98 Å². The minimum atomic E-state index is -0.331. The van der Waals surface area contributed by atoms with Gasteiger partial charge in [-0.15, -0.1) is 0 Å². The van der Waals surface area contributed by atoms with E-state index in [1.165, 1.54) is 0 Å². The fraction of sp³-hybridized carbons (Fsp3) is 0. The van der Waals surface area contributed by atoms with Crippen LogP contribution in [0.2, 0.25) is 0 Å². The van der Waals surface area contributed by atoms with Crippen molar-refractivity contribution in [3.05, 3.63) is 174 Å². The molecule has 0 aliphatic heterocycles. The molecule has 0 unspecified atom stereocenters. The van der Waals surface area contributed by atoms with Crippen LogP contribution in [-0.4, -0.2) is 24.4 Å². The maximum absolute atomic E-state index is 12.6. The standard InChI is InChI=1S/C45H27N5O3/c51-50(52)39-21-11-8-18-32(39)34-25-30(45-47-43(28-13-3-1-4-14-28)46-44(48-45)29-15-5-2-6-16-29)23-24-38(34)49-37-20-10-7-17-31(37)35-27-42-36(26-40(35)49)33-19-9-12-22-41(33)53-42/h1-27H. The predicted molar refractivity (Wildman–Crippen MR) is 210 cm³/mol. The minimum Gasteiger partial charge on any atom is -0.456 e. The number of hydrogen-bond donors (Lipinski definition) is 0. The Morgan fingerprint density at radius 2 is 1.08 bits per heavy atom. The largest absolute Gasteiger partial charge is 0.456 e. The molecule has 8 heteroatoms. The van der Waals surface area contributed by atoms with Gasteiger partial charge in [0.1, 0.15) is 11.2 Å².